The number of rotatable bonds is 1. The normalized spacial score (nSPS) is 19.9. The zero-order valence-electron chi connectivity index (χ0n) is 8.57. The Bertz CT molecular complexity index is 389. The van der Waals surface area contributed by atoms with E-state index >= 15 is 0 Å². The van der Waals surface area contributed by atoms with E-state index in [-0.39, 0.29) is 0 Å². The third-order valence-corrected chi connectivity index (χ3v) is 4.03. The molecule has 0 nitrogen and oxygen atoms in total. The van der Waals surface area contributed by atoms with Gasteiger partial charge in [0.15, 0.2) is 0 Å². The van der Waals surface area contributed by atoms with Gasteiger partial charge in [-0.25, -0.2) is 0 Å². The minimum Gasteiger partial charge on any atom is -0.0840 e. The van der Waals surface area contributed by atoms with Gasteiger partial charge in [0.05, 0.1) is 0 Å². The summed E-state index contributed by atoms with van der Waals surface area (Å²) in [4.78, 5) is 0. The van der Waals surface area contributed by atoms with Crippen LogP contribution in [-0.4, -0.2) is 0 Å². The number of benzene rings is 1. The molecule has 0 amide bonds. The van der Waals surface area contributed by atoms with Gasteiger partial charge >= 0.3 is 0 Å². The van der Waals surface area contributed by atoms with Crippen LogP contribution in [-0.2, 0) is 12.8 Å². The molecule has 0 radical (unpaired) electrons. The minimum absolute atomic E-state index is 0.832. The van der Waals surface area contributed by atoms with Crippen molar-refractivity contribution in [2.75, 3.05) is 0 Å². The Morgan fingerprint density at radius 2 is 1.93 bits per heavy atom. The third kappa shape index (κ3) is 1.20. The maximum atomic E-state index is 6.32. The molecule has 3 rings (SSSR count). The van der Waals surface area contributed by atoms with Crippen LogP contribution in [0.3, 0.4) is 0 Å². The van der Waals surface area contributed by atoms with Crippen LogP contribution in [0.4, 0.5) is 0 Å². The first kappa shape index (κ1) is 8.79. The van der Waals surface area contributed by atoms with E-state index in [1.54, 1.807) is 11.1 Å². The Kier molecular flexibility index (Phi) is 1.88. The molecule has 0 atom stereocenters. The van der Waals surface area contributed by atoms with Crippen LogP contribution in [0.2, 0.25) is 5.02 Å². The van der Waals surface area contributed by atoms with Crippen LogP contribution in [0.5, 0.6) is 0 Å². The van der Waals surface area contributed by atoms with Crippen molar-refractivity contribution in [1.82, 2.24) is 0 Å². The third-order valence-electron chi connectivity index (χ3n) is 3.69. The molecule has 0 unspecified atom stereocenters. The predicted octanol–water partition coefficient (Wildman–Crippen LogP) is 4.01. The molecular formula is C13H15Cl. The summed E-state index contributed by atoms with van der Waals surface area (Å²) >= 11 is 6.32. The van der Waals surface area contributed by atoms with Gasteiger partial charge in [0.1, 0.15) is 0 Å². The quantitative estimate of drug-likeness (QED) is 0.651. The first-order chi connectivity index (χ1) is 6.77. The van der Waals surface area contributed by atoms with Crippen LogP contribution >= 0.6 is 11.6 Å². The van der Waals surface area contributed by atoms with Gasteiger partial charge in [-0.05, 0) is 73.3 Å². The highest BCUT2D eigenvalue weighted by atomic mass is 35.5. The van der Waals surface area contributed by atoms with Crippen molar-refractivity contribution in [2.45, 2.75) is 44.9 Å². The first-order valence-electron chi connectivity index (χ1n) is 5.58. The molecule has 0 N–H and O–H groups in total. The summed E-state index contributed by atoms with van der Waals surface area (Å²) in [6.45, 7) is 2.29. The number of hydrogen-bond donors (Lipinski definition) is 0. The fourth-order valence-corrected chi connectivity index (χ4v) is 3.07. The predicted molar refractivity (Wildman–Crippen MR) is 60.2 cm³/mol. The molecule has 1 aromatic rings. The molecule has 1 saturated carbocycles. The smallest absolute Gasteiger partial charge is 0.0443 e. The van der Waals surface area contributed by atoms with Gasteiger partial charge in [0.2, 0.25) is 0 Å². The summed E-state index contributed by atoms with van der Waals surface area (Å²) in [5.41, 5.74) is 6.09. The van der Waals surface area contributed by atoms with Crippen molar-refractivity contribution in [3.05, 3.63) is 33.3 Å². The van der Waals surface area contributed by atoms with Crippen molar-refractivity contribution >= 4 is 11.6 Å². The van der Waals surface area contributed by atoms with Gasteiger partial charge in [0.25, 0.3) is 0 Å². The van der Waals surface area contributed by atoms with Crippen LogP contribution in [0.25, 0.3) is 0 Å². The van der Waals surface area contributed by atoms with Crippen molar-refractivity contribution in [1.29, 1.82) is 0 Å². The lowest BCUT2D eigenvalue weighted by Gasteiger charge is -2.12. The Hall–Kier alpha value is -0.490. The average molecular weight is 207 g/mol. The Morgan fingerprint density at radius 1 is 1.21 bits per heavy atom. The zero-order valence-corrected chi connectivity index (χ0v) is 9.32. The van der Waals surface area contributed by atoms with Crippen LogP contribution in [0, 0.1) is 6.92 Å². The molecule has 14 heavy (non-hydrogen) atoms. The number of halogens is 1. The molecule has 1 fully saturated rings. The summed E-state index contributed by atoms with van der Waals surface area (Å²) in [6, 6.07) is 2.23. The Labute approximate surface area is 90.3 Å². The van der Waals surface area contributed by atoms with Gasteiger partial charge in [-0.2, -0.15) is 0 Å². The molecule has 2 aliphatic rings. The first-order valence-corrected chi connectivity index (χ1v) is 5.96. The zero-order chi connectivity index (χ0) is 9.71. The second-order valence-electron chi connectivity index (χ2n) is 4.66. The summed E-state index contributed by atoms with van der Waals surface area (Å²) in [5, 5.41) is 1.03. The molecule has 1 heteroatoms. The fraction of sp³-hybridized carbons (Fsp3) is 0.538. The monoisotopic (exact) mass is 206 g/mol. The van der Waals surface area contributed by atoms with Gasteiger partial charge in [-0.3, -0.25) is 0 Å². The van der Waals surface area contributed by atoms with Gasteiger partial charge < -0.3 is 0 Å². The Morgan fingerprint density at radius 3 is 2.64 bits per heavy atom. The van der Waals surface area contributed by atoms with Crippen LogP contribution < -0.4 is 0 Å². The molecule has 0 saturated heterocycles. The van der Waals surface area contributed by atoms with E-state index in [0.717, 1.165) is 10.9 Å². The van der Waals surface area contributed by atoms with E-state index in [0.29, 0.717) is 0 Å². The second kappa shape index (κ2) is 3.00. The highest BCUT2D eigenvalue weighted by Crippen LogP contribution is 2.45. The van der Waals surface area contributed by atoms with Gasteiger partial charge in [0, 0.05) is 5.02 Å². The molecule has 0 bridgehead atoms. The van der Waals surface area contributed by atoms with Gasteiger partial charge in [-0.1, -0.05) is 11.6 Å². The lowest BCUT2D eigenvalue weighted by molar-refractivity contribution is 0.908. The van der Waals surface area contributed by atoms with Crippen molar-refractivity contribution in [3.63, 3.8) is 0 Å². The second-order valence-corrected chi connectivity index (χ2v) is 5.06. The van der Waals surface area contributed by atoms with E-state index in [4.69, 9.17) is 11.6 Å². The average Bonchev–Trinajstić information content (AvgIpc) is 2.88. The van der Waals surface area contributed by atoms with Crippen LogP contribution in [0.15, 0.2) is 6.07 Å². The standard InChI is InChI=1S/C13H15Cl/c1-8-10-3-2-4-11(10)13(14)7-12(8)9-5-6-9/h7,9H,2-6H2,1H3. The maximum Gasteiger partial charge on any atom is 0.0443 e. The maximum absolute atomic E-state index is 6.32. The largest absolute Gasteiger partial charge is 0.0840 e. The SMILES string of the molecule is Cc1c(C2CC2)cc(Cl)c2c1CCC2. The molecule has 0 aliphatic heterocycles. The lowest BCUT2D eigenvalue weighted by Crippen LogP contribution is -1.95. The molecule has 0 aromatic heterocycles. The van der Waals surface area contributed by atoms with E-state index in [2.05, 4.69) is 13.0 Å². The van der Waals surface area contributed by atoms with E-state index < -0.39 is 0 Å². The van der Waals surface area contributed by atoms with Crippen molar-refractivity contribution < 1.29 is 0 Å². The summed E-state index contributed by atoms with van der Waals surface area (Å²) in [5.74, 6) is 0.832. The molecule has 0 heterocycles. The number of hydrogen-bond acceptors (Lipinski definition) is 0. The van der Waals surface area contributed by atoms with E-state index in [9.17, 15) is 0 Å². The topological polar surface area (TPSA) is 0 Å². The molecule has 74 valence electrons. The fourth-order valence-electron chi connectivity index (χ4n) is 2.75. The summed E-state index contributed by atoms with van der Waals surface area (Å²) in [7, 11) is 0. The van der Waals surface area contributed by atoms with E-state index in [1.165, 1.54) is 43.2 Å². The van der Waals surface area contributed by atoms with Crippen molar-refractivity contribution in [2.24, 2.45) is 0 Å². The lowest BCUT2D eigenvalue weighted by atomic mass is 9.96. The van der Waals surface area contributed by atoms with Gasteiger partial charge in [-0.15, -0.1) is 0 Å². The Balaban J connectivity index is 2.19. The van der Waals surface area contributed by atoms with E-state index in [1.807, 2.05) is 0 Å². The molecule has 1 aromatic carbocycles. The highest BCUT2D eigenvalue weighted by Gasteiger charge is 2.28. The summed E-state index contributed by atoms with van der Waals surface area (Å²) < 4.78 is 0. The van der Waals surface area contributed by atoms with Crippen molar-refractivity contribution in [3.8, 4) is 0 Å². The highest BCUT2D eigenvalue weighted by molar-refractivity contribution is 6.31. The molecule has 0 spiro atoms. The summed E-state index contributed by atoms with van der Waals surface area (Å²) in [6.07, 6.45) is 6.48. The van der Waals surface area contributed by atoms with Crippen LogP contribution in [0.1, 0.15) is 47.4 Å². The minimum atomic E-state index is 0.832. The number of fused-ring (bicyclic) bond motifs is 1. The molecular weight excluding hydrogens is 192 g/mol. The molecule has 2 aliphatic carbocycles.